The number of halogens is 3. The van der Waals surface area contributed by atoms with Gasteiger partial charge in [-0.2, -0.15) is 13.2 Å². The monoisotopic (exact) mass is 470 g/mol. The number of hydrogen-bond donors (Lipinski definition) is 2. The third kappa shape index (κ3) is 5.26. The van der Waals surface area contributed by atoms with E-state index in [0.29, 0.717) is 22.2 Å². The first-order valence-electron chi connectivity index (χ1n) is 11.4. The van der Waals surface area contributed by atoms with E-state index in [1.165, 1.54) is 0 Å². The Kier molecular flexibility index (Phi) is 6.68. The zero-order valence-corrected chi connectivity index (χ0v) is 19.5. The molecule has 0 radical (unpaired) electrons. The summed E-state index contributed by atoms with van der Waals surface area (Å²) in [6.45, 7) is 2.01. The first kappa shape index (κ1) is 23.9. The molecule has 0 saturated heterocycles. The Morgan fingerprint density at radius 3 is 2.35 bits per heavy atom. The van der Waals surface area contributed by atoms with Gasteiger partial charge in [0, 0.05) is 48.5 Å². The van der Waals surface area contributed by atoms with Crippen LogP contribution in [0.3, 0.4) is 0 Å². The zero-order chi connectivity index (χ0) is 24.5. The van der Waals surface area contributed by atoms with E-state index in [2.05, 4.69) is 15.6 Å². The standard InChI is InChI=1S/C26H29F3N4O/c1-16-8-9-17(14-23(16)33(2)3)25(34)31-19-12-10-18(11-13-19)30-22-15-24(26(27,28)29)32-21-7-5-4-6-20(21)22/h4-9,14-15,18-19H,10-13H2,1-3H3,(H,30,32)(H,31,34). The second-order valence-corrected chi connectivity index (χ2v) is 9.13. The fraction of sp³-hybridized carbons (Fsp3) is 0.385. The van der Waals surface area contributed by atoms with Gasteiger partial charge in [-0.1, -0.05) is 24.3 Å². The molecule has 8 heteroatoms. The average molecular weight is 471 g/mol. The van der Waals surface area contributed by atoms with Crippen LogP contribution in [-0.2, 0) is 6.18 Å². The number of para-hydroxylation sites is 1. The highest BCUT2D eigenvalue weighted by molar-refractivity contribution is 5.95. The maximum absolute atomic E-state index is 13.3. The van der Waals surface area contributed by atoms with Crippen molar-refractivity contribution in [1.29, 1.82) is 0 Å². The summed E-state index contributed by atoms with van der Waals surface area (Å²) in [7, 11) is 3.89. The van der Waals surface area contributed by atoms with Crippen LogP contribution in [0.4, 0.5) is 24.5 Å². The van der Waals surface area contributed by atoms with Crippen LogP contribution < -0.4 is 15.5 Å². The lowest BCUT2D eigenvalue weighted by Crippen LogP contribution is -2.40. The van der Waals surface area contributed by atoms with Crippen molar-refractivity contribution in [2.75, 3.05) is 24.3 Å². The van der Waals surface area contributed by atoms with E-state index in [0.717, 1.165) is 43.0 Å². The summed E-state index contributed by atoms with van der Waals surface area (Å²) in [6.07, 6.45) is -1.50. The molecule has 1 fully saturated rings. The van der Waals surface area contributed by atoms with Crippen LogP contribution in [0.5, 0.6) is 0 Å². The maximum Gasteiger partial charge on any atom is 0.433 e. The van der Waals surface area contributed by atoms with Gasteiger partial charge in [0.15, 0.2) is 0 Å². The SMILES string of the molecule is Cc1ccc(C(=O)NC2CCC(Nc3cc(C(F)(F)F)nc4ccccc34)CC2)cc1N(C)C. The highest BCUT2D eigenvalue weighted by atomic mass is 19.4. The van der Waals surface area contributed by atoms with E-state index in [1.54, 1.807) is 24.3 Å². The molecule has 3 aromatic rings. The molecule has 180 valence electrons. The van der Waals surface area contributed by atoms with Gasteiger partial charge < -0.3 is 15.5 Å². The molecule has 0 aliphatic heterocycles. The Labute approximate surface area is 197 Å². The van der Waals surface area contributed by atoms with E-state index in [1.807, 2.05) is 44.1 Å². The number of aryl methyl sites for hydroxylation is 1. The first-order chi connectivity index (χ1) is 16.1. The van der Waals surface area contributed by atoms with Crippen molar-refractivity contribution >= 4 is 28.2 Å². The number of amides is 1. The van der Waals surface area contributed by atoms with E-state index >= 15 is 0 Å². The fourth-order valence-electron chi connectivity index (χ4n) is 4.54. The number of nitrogens with one attached hydrogen (secondary N) is 2. The van der Waals surface area contributed by atoms with Crippen molar-refractivity contribution in [3.8, 4) is 0 Å². The minimum Gasteiger partial charge on any atom is -0.382 e. The van der Waals surface area contributed by atoms with Gasteiger partial charge >= 0.3 is 6.18 Å². The number of carbonyl (C=O) groups excluding carboxylic acids is 1. The van der Waals surface area contributed by atoms with Crippen LogP contribution in [0.1, 0.15) is 47.3 Å². The molecule has 0 atom stereocenters. The molecule has 0 spiro atoms. The van der Waals surface area contributed by atoms with Gasteiger partial charge in [-0.05, 0) is 62.4 Å². The highest BCUT2D eigenvalue weighted by Crippen LogP contribution is 2.34. The summed E-state index contributed by atoms with van der Waals surface area (Å²) < 4.78 is 40.0. The van der Waals surface area contributed by atoms with Gasteiger partial charge in [0.2, 0.25) is 0 Å². The minimum absolute atomic E-state index is 0.0276. The molecule has 2 N–H and O–H groups in total. The molecule has 1 amide bonds. The number of benzene rings is 2. The third-order valence-corrected chi connectivity index (χ3v) is 6.38. The third-order valence-electron chi connectivity index (χ3n) is 6.38. The number of rotatable bonds is 5. The minimum atomic E-state index is -4.51. The number of alkyl halides is 3. The molecule has 5 nitrogen and oxygen atoms in total. The van der Waals surface area contributed by atoms with Gasteiger partial charge in [-0.15, -0.1) is 0 Å². The number of fused-ring (bicyclic) bond motifs is 1. The van der Waals surface area contributed by atoms with Crippen LogP contribution in [0, 0.1) is 6.92 Å². The lowest BCUT2D eigenvalue weighted by molar-refractivity contribution is -0.140. The molecule has 1 aliphatic carbocycles. The van der Waals surface area contributed by atoms with E-state index in [-0.39, 0.29) is 18.0 Å². The first-order valence-corrected chi connectivity index (χ1v) is 11.4. The van der Waals surface area contributed by atoms with Gasteiger partial charge in [0.25, 0.3) is 5.91 Å². The van der Waals surface area contributed by atoms with Crippen molar-refractivity contribution in [1.82, 2.24) is 10.3 Å². The van der Waals surface area contributed by atoms with Gasteiger partial charge in [-0.3, -0.25) is 4.79 Å². The average Bonchev–Trinajstić information content (AvgIpc) is 2.79. The Bertz CT molecular complexity index is 1180. The molecule has 1 aromatic heterocycles. The van der Waals surface area contributed by atoms with Crippen molar-refractivity contribution in [2.45, 2.75) is 50.9 Å². The summed E-state index contributed by atoms with van der Waals surface area (Å²) in [5, 5.41) is 7.10. The van der Waals surface area contributed by atoms with Crippen LogP contribution >= 0.6 is 0 Å². The predicted octanol–water partition coefficient (Wildman–Crippen LogP) is 5.78. The van der Waals surface area contributed by atoms with Crippen LogP contribution in [0.25, 0.3) is 10.9 Å². The summed E-state index contributed by atoms with van der Waals surface area (Å²) in [5.74, 6) is -0.102. The topological polar surface area (TPSA) is 57.3 Å². The van der Waals surface area contributed by atoms with Gasteiger partial charge in [-0.25, -0.2) is 4.98 Å². The van der Waals surface area contributed by atoms with E-state index in [4.69, 9.17) is 0 Å². The second-order valence-electron chi connectivity index (χ2n) is 9.13. The van der Waals surface area contributed by atoms with E-state index < -0.39 is 11.9 Å². The lowest BCUT2D eigenvalue weighted by atomic mass is 9.90. The summed E-state index contributed by atoms with van der Waals surface area (Å²) >= 11 is 0. The quantitative estimate of drug-likeness (QED) is 0.496. The fourth-order valence-corrected chi connectivity index (χ4v) is 4.54. The van der Waals surface area contributed by atoms with Gasteiger partial charge in [0.05, 0.1) is 5.52 Å². The number of nitrogens with zero attached hydrogens (tertiary/aromatic N) is 2. The smallest absolute Gasteiger partial charge is 0.382 e. The molecule has 1 saturated carbocycles. The molecule has 2 aromatic carbocycles. The predicted molar refractivity (Wildman–Crippen MR) is 129 cm³/mol. The number of aromatic nitrogens is 1. The number of pyridine rings is 1. The van der Waals surface area contributed by atoms with Crippen molar-refractivity contribution in [2.24, 2.45) is 0 Å². The van der Waals surface area contributed by atoms with Crippen molar-refractivity contribution in [3.05, 3.63) is 65.4 Å². The largest absolute Gasteiger partial charge is 0.433 e. The summed E-state index contributed by atoms with van der Waals surface area (Å²) in [4.78, 5) is 18.6. The number of hydrogen-bond acceptors (Lipinski definition) is 4. The van der Waals surface area contributed by atoms with Crippen molar-refractivity contribution < 1.29 is 18.0 Å². The molecule has 0 bridgehead atoms. The normalized spacial score (nSPS) is 18.5. The summed E-state index contributed by atoms with van der Waals surface area (Å²) in [6, 6.07) is 13.7. The molecule has 1 heterocycles. The Morgan fingerprint density at radius 1 is 1.00 bits per heavy atom. The number of anilines is 2. The molecule has 1 aliphatic rings. The molecule has 34 heavy (non-hydrogen) atoms. The van der Waals surface area contributed by atoms with Crippen LogP contribution in [0.15, 0.2) is 48.5 Å². The maximum atomic E-state index is 13.3. The van der Waals surface area contributed by atoms with Crippen LogP contribution in [0.2, 0.25) is 0 Å². The van der Waals surface area contributed by atoms with Crippen LogP contribution in [-0.4, -0.2) is 37.1 Å². The molecule has 4 rings (SSSR count). The Morgan fingerprint density at radius 2 is 1.68 bits per heavy atom. The van der Waals surface area contributed by atoms with Gasteiger partial charge in [0.1, 0.15) is 5.69 Å². The number of carbonyl (C=O) groups is 1. The molecular formula is C26H29F3N4O. The highest BCUT2D eigenvalue weighted by Gasteiger charge is 2.34. The molecular weight excluding hydrogens is 441 g/mol. The summed E-state index contributed by atoms with van der Waals surface area (Å²) in [5.41, 5.74) is 2.59. The molecule has 0 unspecified atom stereocenters. The second kappa shape index (κ2) is 9.52. The zero-order valence-electron chi connectivity index (χ0n) is 19.5. The Balaban J connectivity index is 1.41. The van der Waals surface area contributed by atoms with E-state index in [9.17, 15) is 18.0 Å². The lowest BCUT2D eigenvalue weighted by Gasteiger charge is -2.31. The van der Waals surface area contributed by atoms with Crippen molar-refractivity contribution in [3.63, 3.8) is 0 Å². The Hall–Kier alpha value is -3.29.